The summed E-state index contributed by atoms with van der Waals surface area (Å²) in [5.74, 6) is 2.43. The minimum absolute atomic E-state index is 0.0745. The molecule has 0 bridgehead atoms. The monoisotopic (exact) mass is 739 g/mol. The number of hydrogen-bond donors (Lipinski definition) is 0. The van der Waals surface area contributed by atoms with Gasteiger partial charge in [-0.15, -0.1) is 0 Å². The van der Waals surface area contributed by atoms with Gasteiger partial charge in [0.15, 0.2) is 0 Å². The highest BCUT2D eigenvalue weighted by Gasteiger charge is 2.26. The van der Waals surface area contributed by atoms with E-state index in [0.717, 1.165) is 68.2 Å². The largest absolute Gasteiger partial charge is 0.457 e. The van der Waals surface area contributed by atoms with Crippen LogP contribution in [0.4, 0.5) is 17.1 Å². The molecule has 4 heterocycles. The molecule has 276 valence electrons. The minimum Gasteiger partial charge on any atom is -0.457 e. The number of rotatable bonds is 5. The average molecular weight is 740 g/mol. The Morgan fingerprint density at radius 3 is 2.02 bits per heavy atom. The molecule has 0 saturated heterocycles. The van der Waals surface area contributed by atoms with Crippen LogP contribution in [0.5, 0.6) is 11.5 Å². The van der Waals surface area contributed by atoms with Crippen LogP contribution in [-0.4, -0.2) is 27.8 Å². The van der Waals surface area contributed by atoms with Crippen LogP contribution in [0.3, 0.4) is 0 Å². The van der Waals surface area contributed by atoms with Crippen molar-refractivity contribution in [2.24, 2.45) is 0 Å². The zero-order valence-corrected chi connectivity index (χ0v) is 32.4. The van der Waals surface area contributed by atoms with E-state index in [1.54, 1.807) is 0 Å². The third-order valence-corrected chi connectivity index (χ3v) is 11.6. The molecule has 7 aromatic carbocycles. The summed E-state index contributed by atoms with van der Waals surface area (Å²) in [6.45, 7) is 7.55. The predicted octanol–water partition coefficient (Wildman–Crippen LogP) is 13.1. The second-order valence-corrected chi connectivity index (χ2v) is 16.3. The highest BCUT2D eigenvalue weighted by Crippen LogP contribution is 2.44. The standard InChI is InChI=1S/C51H41N5O/c1-51(2,3)35-26-37(54-32-53(4)45-20-12-13-21-46(45)54)28-39(27-35)57-38-22-23-41-40-18-10-11-19-44(40)56(48(41)29-38)50-30-49-43(31-52-50)42-24-33-14-8-9-15-34(33)25-47(42)55(49)36-16-6-5-7-17-36/h5-31H,32H2,1-4H3. The average Bonchev–Trinajstić information content (AvgIpc) is 3.86. The van der Waals surface area contributed by atoms with E-state index in [9.17, 15) is 0 Å². The molecule has 0 amide bonds. The Morgan fingerprint density at radius 1 is 0.509 bits per heavy atom. The molecule has 0 saturated carbocycles. The van der Waals surface area contributed by atoms with Gasteiger partial charge in [-0.25, -0.2) is 4.98 Å². The van der Waals surface area contributed by atoms with Gasteiger partial charge in [0.2, 0.25) is 0 Å². The Bertz CT molecular complexity index is 3210. The lowest BCUT2D eigenvalue weighted by atomic mass is 9.86. The maximum absolute atomic E-state index is 6.87. The quantitative estimate of drug-likeness (QED) is 0.176. The number of pyridine rings is 1. The minimum atomic E-state index is -0.0745. The molecule has 3 aromatic heterocycles. The molecule has 0 radical (unpaired) electrons. The molecule has 1 aliphatic rings. The lowest BCUT2D eigenvalue weighted by Crippen LogP contribution is -2.24. The lowest BCUT2D eigenvalue weighted by Gasteiger charge is -2.25. The highest BCUT2D eigenvalue weighted by atomic mass is 16.5. The van der Waals surface area contributed by atoms with Crippen molar-refractivity contribution < 1.29 is 4.74 Å². The Kier molecular flexibility index (Phi) is 7.29. The second kappa shape index (κ2) is 12.5. The topological polar surface area (TPSA) is 38.5 Å². The first-order chi connectivity index (χ1) is 27.8. The number of benzene rings is 7. The van der Waals surface area contributed by atoms with Crippen molar-refractivity contribution in [3.05, 3.63) is 169 Å². The summed E-state index contributed by atoms with van der Waals surface area (Å²) in [5, 5.41) is 7.06. The molecule has 10 aromatic rings. The van der Waals surface area contributed by atoms with Crippen molar-refractivity contribution in [1.29, 1.82) is 0 Å². The molecule has 6 nitrogen and oxygen atoms in total. The molecule has 0 atom stereocenters. The van der Waals surface area contributed by atoms with E-state index in [0.29, 0.717) is 0 Å². The van der Waals surface area contributed by atoms with Gasteiger partial charge in [0.05, 0.1) is 40.1 Å². The third kappa shape index (κ3) is 5.35. The first-order valence-corrected chi connectivity index (χ1v) is 19.6. The molecular weight excluding hydrogens is 699 g/mol. The van der Waals surface area contributed by atoms with Crippen LogP contribution in [-0.2, 0) is 5.41 Å². The highest BCUT2D eigenvalue weighted by molar-refractivity contribution is 6.14. The number of aromatic nitrogens is 3. The maximum Gasteiger partial charge on any atom is 0.139 e. The summed E-state index contributed by atoms with van der Waals surface area (Å²) in [6, 6.07) is 56.4. The van der Waals surface area contributed by atoms with Gasteiger partial charge in [-0.3, -0.25) is 4.57 Å². The van der Waals surface area contributed by atoms with Crippen LogP contribution in [0, 0.1) is 0 Å². The van der Waals surface area contributed by atoms with E-state index in [1.165, 1.54) is 38.5 Å². The van der Waals surface area contributed by atoms with Crippen molar-refractivity contribution in [3.8, 4) is 23.0 Å². The molecule has 1 aliphatic heterocycles. The van der Waals surface area contributed by atoms with E-state index >= 15 is 0 Å². The molecule has 0 N–H and O–H groups in total. The van der Waals surface area contributed by atoms with E-state index in [1.807, 2.05) is 0 Å². The van der Waals surface area contributed by atoms with Gasteiger partial charge in [0.1, 0.15) is 17.3 Å². The lowest BCUT2D eigenvalue weighted by molar-refractivity contribution is 0.479. The molecule has 0 spiro atoms. The smallest absolute Gasteiger partial charge is 0.139 e. The third-order valence-electron chi connectivity index (χ3n) is 11.6. The Morgan fingerprint density at radius 2 is 1.19 bits per heavy atom. The van der Waals surface area contributed by atoms with Crippen LogP contribution in [0.25, 0.3) is 65.9 Å². The summed E-state index contributed by atoms with van der Waals surface area (Å²) in [4.78, 5) is 9.88. The number of fused-ring (bicyclic) bond motifs is 8. The number of anilines is 3. The van der Waals surface area contributed by atoms with E-state index < -0.39 is 0 Å². The summed E-state index contributed by atoms with van der Waals surface area (Å²) in [6.07, 6.45) is 2.05. The summed E-state index contributed by atoms with van der Waals surface area (Å²) < 4.78 is 11.5. The van der Waals surface area contributed by atoms with Gasteiger partial charge in [-0.05, 0) is 88.5 Å². The molecule has 11 rings (SSSR count). The van der Waals surface area contributed by atoms with Crippen molar-refractivity contribution >= 4 is 71.4 Å². The van der Waals surface area contributed by atoms with Crippen molar-refractivity contribution in [2.45, 2.75) is 26.2 Å². The summed E-state index contributed by atoms with van der Waals surface area (Å²) in [7, 11) is 2.15. The van der Waals surface area contributed by atoms with Gasteiger partial charge in [0, 0.05) is 64.4 Å². The molecule has 0 aliphatic carbocycles. The van der Waals surface area contributed by atoms with E-state index in [4.69, 9.17) is 9.72 Å². The fourth-order valence-corrected chi connectivity index (χ4v) is 8.79. The van der Waals surface area contributed by atoms with Crippen LogP contribution in [0.15, 0.2) is 164 Å². The fourth-order valence-electron chi connectivity index (χ4n) is 8.79. The van der Waals surface area contributed by atoms with E-state index in [2.05, 4.69) is 211 Å². The number of para-hydroxylation sites is 4. The summed E-state index contributed by atoms with van der Waals surface area (Å²) in [5.41, 5.74) is 10.2. The molecule has 57 heavy (non-hydrogen) atoms. The van der Waals surface area contributed by atoms with Gasteiger partial charge in [-0.1, -0.05) is 93.6 Å². The van der Waals surface area contributed by atoms with Crippen molar-refractivity contribution in [2.75, 3.05) is 23.5 Å². The first-order valence-electron chi connectivity index (χ1n) is 19.6. The molecule has 0 fully saturated rings. The predicted molar refractivity (Wildman–Crippen MR) is 237 cm³/mol. The zero-order chi connectivity index (χ0) is 38.4. The first kappa shape index (κ1) is 33.3. The second-order valence-electron chi connectivity index (χ2n) is 16.3. The van der Waals surface area contributed by atoms with Crippen LogP contribution >= 0.6 is 0 Å². The van der Waals surface area contributed by atoms with Crippen LogP contribution in [0.1, 0.15) is 26.3 Å². The van der Waals surface area contributed by atoms with E-state index in [-0.39, 0.29) is 5.41 Å². The maximum atomic E-state index is 6.87. The van der Waals surface area contributed by atoms with Gasteiger partial charge in [-0.2, -0.15) is 0 Å². The fraction of sp³-hybridized carbons (Fsp3) is 0.118. The van der Waals surface area contributed by atoms with Gasteiger partial charge >= 0.3 is 0 Å². The molecule has 0 unspecified atom stereocenters. The van der Waals surface area contributed by atoms with Crippen molar-refractivity contribution in [1.82, 2.24) is 14.1 Å². The Hall–Kier alpha value is -7.05. The van der Waals surface area contributed by atoms with Gasteiger partial charge in [0.25, 0.3) is 0 Å². The number of ether oxygens (including phenoxy) is 1. The molecule has 6 heteroatoms. The van der Waals surface area contributed by atoms with Gasteiger partial charge < -0.3 is 19.1 Å². The van der Waals surface area contributed by atoms with Crippen molar-refractivity contribution in [3.63, 3.8) is 0 Å². The number of nitrogens with zero attached hydrogens (tertiary/aromatic N) is 5. The van der Waals surface area contributed by atoms with Crippen LogP contribution < -0.4 is 14.5 Å². The number of hydrogen-bond acceptors (Lipinski definition) is 4. The Balaban J connectivity index is 1.08. The summed E-state index contributed by atoms with van der Waals surface area (Å²) >= 11 is 0. The zero-order valence-electron chi connectivity index (χ0n) is 32.4. The molecular formula is C51H41N5O. The SMILES string of the molecule is CN1CN(c2cc(Oc3ccc4c5ccccc5n(-c5cc6c(cn5)c5cc7ccccc7cc5n6-c5ccccc5)c4c3)cc(C(C)(C)C)c2)c2ccccc21. The van der Waals surface area contributed by atoms with Crippen LogP contribution in [0.2, 0.25) is 0 Å². The Labute approximate surface area is 331 Å². The normalized spacial score (nSPS) is 13.1.